The second-order valence-electron chi connectivity index (χ2n) is 6.74. The van der Waals surface area contributed by atoms with Crippen LogP contribution >= 0.6 is 0 Å². The number of nitrogens with zero attached hydrogens (tertiary/aromatic N) is 1. The number of hydrogen-bond donors (Lipinski definition) is 1. The molecule has 6 nitrogen and oxygen atoms in total. The zero-order valence-corrected chi connectivity index (χ0v) is 17.3. The summed E-state index contributed by atoms with van der Waals surface area (Å²) in [5.41, 5.74) is 2.92. The van der Waals surface area contributed by atoms with Gasteiger partial charge in [-0.1, -0.05) is 36.4 Å². The second kappa shape index (κ2) is 9.78. The van der Waals surface area contributed by atoms with Gasteiger partial charge in [-0.3, -0.25) is 9.69 Å². The van der Waals surface area contributed by atoms with Gasteiger partial charge < -0.3 is 14.8 Å². The molecular weight excluding hydrogens is 380 g/mol. The summed E-state index contributed by atoms with van der Waals surface area (Å²) in [5.74, 6) is 0.901. The third kappa shape index (κ3) is 4.71. The van der Waals surface area contributed by atoms with Crippen LogP contribution in [0.25, 0.3) is 6.08 Å². The minimum atomic E-state index is -0.409. The molecular formula is C24H26N2O4. The molecule has 0 spiro atoms. The van der Waals surface area contributed by atoms with Crippen molar-refractivity contribution in [1.29, 1.82) is 0 Å². The summed E-state index contributed by atoms with van der Waals surface area (Å²) in [6, 6.07) is 13.2. The van der Waals surface area contributed by atoms with E-state index in [-0.39, 0.29) is 11.6 Å². The molecule has 3 rings (SSSR count). The maximum absolute atomic E-state index is 12.4. The Hall–Kier alpha value is -3.54. The molecule has 1 saturated heterocycles. The Morgan fingerprint density at radius 2 is 1.87 bits per heavy atom. The van der Waals surface area contributed by atoms with Crippen molar-refractivity contribution in [2.45, 2.75) is 26.9 Å². The number of imide groups is 1. The van der Waals surface area contributed by atoms with Gasteiger partial charge >= 0.3 is 6.03 Å². The molecule has 1 N–H and O–H groups in total. The van der Waals surface area contributed by atoms with Gasteiger partial charge in [-0.05, 0) is 49.6 Å². The number of urea groups is 1. The van der Waals surface area contributed by atoms with Gasteiger partial charge in [0.1, 0.15) is 12.3 Å². The highest BCUT2D eigenvalue weighted by Crippen LogP contribution is 2.35. The first-order valence-electron chi connectivity index (χ1n) is 9.99. The van der Waals surface area contributed by atoms with Gasteiger partial charge in [-0.25, -0.2) is 4.79 Å². The quantitative estimate of drug-likeness (QED) is 0.383. The Balaban J connectivity index is 1.96. The van der Waals surface area contributed by atoms with Crippen molar-refractivity contribution >= 4 is 18.0 Å². The highest BCUT2D eigenvalue weighted by atomic mass is 16.5. The lowest BCUT2D eigenvalue weighted by Crippen LogP contribution is -2.30. The SMILES string of the molecule is C=CCc1cc(/C=C2\NC(=O)N(CC)C2=O)cc(OCC)c1OCc1ccccc1. The van der Waals surface area contributed by atoms with Gasteiger partial charge in [-0.2, -0.15) is 0 Å². The molecule has 1 aliphatic rings. The third-order valence-electron chi connectivity index (χ3n) is 4.63. The lowest BCUT2D eigenvalue weighted by atomic mass is 10.0. The lowest BCUT2D eigenvalue weighted by Gasteiger charge is -2.17. The standard InChI is InChI=1S/C24H26N2O4/c1-4-10-19-13-18(14-20-23(27)26(5-2)24(28)25-20)15-21(29-6-3)22(19)30-16-17-11-8-7-9-12-17/h4,7-9,11-15H,1,5-6,10,16H2,2-3H3,(H,25,28)/b20-14-. The Bertz CT molecular complexity index is 967. The van der Waals surface area contributed by atoms with Crippen LogP contribution in [0.1, 0.15) is 30.5 Å². The van der Waals surface area contributed by atoms with Crippen LogP contribution in [0.3, 0.4) is 0 Å². The molecule has 0 aromatic heterocycles. The molecule has 0 radical (unpaired) electrons. The molecule has 1 fully saturated rings. The molecule has 6 heteroatoms. The molecule has 3 amide bonds. The highest BCUT2D eigenvalue weighted by Gasteiger charge is 2.32. The number of carbonyl (C=O) groups is 2. The van der Waals surface area contributed by atoms with E-state index in [1.165, 1.54) is 0 Å². The van der Waals surface area contributed by atoms with Gasteiger partial charge in [0.2, 0.25) is 0 Å². The molecule has 0 unspecified atom stereocenters. The highest BCUT2D eigenvalue weighted by molar-refractivity contribution is 6.13. The Morgan fingerprint density at radius 3 is 2.50 bits per heavy atom. The van der Waals surface area contributed by atoms with Crippen LogP contribution in [-0.2, 0) is 17.8 Å². The van der Waals surface area contributed by atoms with E-state index < -0.39 is 6.03 Å². The molecule has 2 aromatic carbocycles. The number of amides is 3. The number of likely N-dealkylation sites (N-methyl/N-ethyl adjacent to an activating group) is 1. The van der Waals surface area contributed by atoms with Crippen LogP contribution in [-0.4, -0.2) is 30.0 Å². The van der Waals surface area contributed by atoms with Gasteiger partial charge in [0.25, 0.3) is 5.91 Å². The number of rotatable bonds is 9. The van der Waals surface area contributed by atoms with Crippen molar-refractivity contribution in [3.8, 4) is 11.5 Å². The maximum atomic E-state index is 12.4. The maximum Gasteiger partial charge on any atom is 0.328 e. The molecule has 0 aliphatic carbocycles. The first-order valence-corrected chi connectivity index (χ1v) is 9.99. The number of nitrogens with one attached hydrogen (secondary N) is 1. The summed E-state index contributed by atoms with van der Waals surface area (Å²) < 4.78 is 12.0. The molecule has 0 bridgehead atoms. The van der Waals surface area contributed by atoms with Crippen LogP contribution in [0.4, 0.5) is 4.79 Å². The Morgan fingerprint density at radius 1 is 1.10 bits per heavy atom. The molecule has 1 heterocycles. The number of ether oxygens (including phenoxy) is 2. The van der Waals surface area contributed by atoms with Crippen LogP contribution in [0.5, 0.6) is 11.5 Å². The van der Waals surface area contributed by atoms with E-state index in [2.05, 4.69) is 11.9 Å². The van der Waals surface area contributed by atoms with E-state index in [0.29, 0.717) is 37.7 Å². The topological polar surface area (TPSA) is 67.9 Å². The fourth-order valence-electron chi connectivity index (χ4n) is 3.26. The van der Waals surface area contributed by atoms with Crippen molar-refractivity contribution < 1.29 is 19.1 Å². The third-order valence-corrected chi connectivity index (χ3v) is 4.63. The van der Waals surface area contributed by atoms with E-state index in [1.807, 2.05) is 49.4 Å². The molecule has 2 aromatic rings. The average molecular weight is 406 g/mol. The van der Waals surface area contributed by atoms with Gasteiger partial charge in [0, 0.05) is 12.1 Å². The summed E-state index contributed by atoms with van der Waals surface area (Å²) >= 11 is 0. The summed E-state index contributed by atoms with van der Waals surface area (Å²) in [4.78, 5) is 25.5. The van der Waals surface area contributed by atoms with Gasteiger partial charge in [-0.15, -0.1) is 6.58 Å². The second-order valence-corrected chi connectivity index (χ2v) is 6.74. The Kier molecular flexibility index (Phi) is 6.91. The van der Waals surface area contributed by atoms with Crippen molar-refractivity contribution in [3.63, 3.8) is 0 Å². The molecule has 156 valence electrons. The van der Waals surface area contributed by atoms with Crippen molar-refractivity contribution in [2.75, 3.05) is 13.2 Å². The molecule has 1 aliphatic heterocycles. The minimum absolute atomic E-state index is 0.242. The lowest BCUT2D eigenvalue weighted by molar-refractivity contribution is -0.122. The smallest absolute Gasteiger partial charge is 0.328 e. The van der Waals surface area contributed by atoms with Crippen LogP contribution in [0, 0.1) is 0 Å². The van der Waals surface area contributed by atoms with Crippen molar-refractivity contribution in [1.82, 2.24) is 10.2 Å². The predicted octanol–water partition coefficient (Wildman–Crippen LogP) is 4.31. The van der Waals surface area contributed by atoms with E-state index in [1.54, 1.807) is 19.1 Å². The van der Waals surface area contributed by atoms with Crippen molar-refractivity contribution in [3.05, 3.63) is 77.5 Å². The monoisotopic (exact) mass is 406 g/mol. The molecule has 0 saturated carbocycles. The zero-order valence-electron chi connectivity index (χ0n) is 17.3. The predicted molar refractivity (Wildman–Crippen MR) is 116 cm³/mol. The van der Waals surface area contributed by atoms with E-state index in [0.717, 1.165) is 21.6 Å². The summed E-state index contributed by atoms with van der Waals surface area (Å²) in [6.07, 6.45) is 4.02. The summed E-state index contributed by atoms with van der Waals surface area (Å²) in [5, 5.41) is 2.62. The number of carbonyl (C=O) groups excluding carboxylic acids is 2. The van der Waals surface area contributed by atoms with Crippen molar-refractivity contribution in [2.24, 2.45) is 0 Å². The fraction of sp³-hybridized carbons (Fsp3) is 0.250. The van der Waals surface area contributed by atoms with Crippen LogP contribution in [0.15, 0.2) is 60.8 Å². The van der Waals surface area contributed by atoms with E-state index >= 15 is 0 Å². The van der Waals surface area contributed by atoms with Gasteiger partial charge in [0.05, 0.1) is 6.61 Å². The number of allylic oxidation sites excluding steroid dienone is 1. The minimum Gasteiger partial charge on any atom is -0.490 e. The van der Waals surface area contributed by atoms with Crippen LogP contribution in [0.2, 0.25) is 0 Å². The number of benzene rings is 2. The van der Waals surface area contributed by atoms with Gasteiger partial charge in [0.15, 0.2) is 11.5 Å². The summed E-state index contributed by atoms with van der Waals surface area (Å²) in [6.45, 7) is 8.69. The average Bonchev–Trinajstić information content (AvgIpc) is 3.01. The first-order chi connectivity index (χ1) is 14.6. The van der Waals surface area contributed by atoms with E-state index in [4.69, 9.17) is 9.47 Å². The molecule has 0 atom stereocenters. The largest absolute Gasteiger partial charge is 0.490 e. The fourth-order valence-corrected chi connectivity index (χ4v) is 3.26. The zero-order chi connectivity index (χ0) is 21.5. The first kappa shape index (κ1) is 21.2. The molecule has 30 heavy (non-hydrogen) atoms. The Labute approximate surface area is 176 Å². The van der Waals surface area contributed by atoms with Crippen LogP contribution < -0.4 is 14.8 Å². The van der Waals surface area contributed by atoms with E-state index in [9.17, 15) is 9.59 Å². The normalized spacial score (nSPS) is 14.7. The summed E-state index contributed by atoms with van der Waals surface area (Å²) in [7, 11) is 0. The number of hydrogen-bond acceptors (Lipinski definition) is 4.